The second-order valence-corrected chi connectivity index (χ2v) is 6.83. The highest BCUT2D eigenvalue weighted by Gasteiger charge is 2.31. The van der Waals surface area contributed by atoms with Gasteiger partial charge >= 0.3 is 6.18 Å². The predicted molar refractivity (Wildman–Crippen MR) is 109 cm³/mol. The van der Waals surface area contributed by atoms with Gasteiger partial charge in [0.05, 0.1) is 31.6 Å². The van der Waals surface area contributed by atoms with E-state index in [0.29, 0.717) is 17.0 Å². The maximum absolute atomic E-state index is 13.1. The summed E-state index contributed by atoms with van der Waals surface area (Å²) in [6.45, 7) is -0.554. The van der Waals surface area contributed by atoms with E-state index in [-0.39, 0.29) is 19.7 Å². The van der Waals surface area contributed by atoms with E-state index in [0.717, 1.165) is 11.3 Å². The molecule has 0 aliphatic heterocycles. The molecule has 0 saturated heterocycles. The summed E-state index contributed by atoms with van der Waals surface area (Å²) in [5.41, 5.74) is 2.97. The molecule has 30 heavy (non-hydrogen) atoms. The molecule has 3 aromatic rings. The Morgan fingerprint density at radius 3 is 2.30 bits per heavy atom. The Labute approximate surface area is 173 Å². The van der Waals surface area contributed by atoms with Crippen LogP contribution in [0.3, 0.4) is 0 Å². The number of halogens is 3. The van der Waals surface area contributed by atoms with Gasteiger partial charge in [0, 0.05) is 37.5 Å². The van der Waals surface area contributed by atoms with Crippen molar-refractivity contribution in [1.29, 1.82) is 0 Å². The molecular weight excluding hydrogens is 395 g/mol. The van der Waals surface area contributed by atoms with Crippen LogP contribution in [0.25, 0.3) is 16.9 Å². The minimum absolute atomic E-state index is 0.0943. The number of hydrogen-bond donors (Lipinski definition) is 0. The van der Waals surface area contributed by atoms with Gasteiger partial charge in [0.15, 0.2) is 0 Å². The second-order valence-electron chi connectivity index (χ2n) is 6.83. The number of alkyl halides is 3. The van der Waals surface area contributed by atoms with Crippen molar-refractivity contribution in [2.45, 2.75) is 12.7 Å². The highest BCUT2D eigenvalue weighted by atomic mass is 19.4. The number of para-hydroxylation sites is 1. The van der Waals surface area contributed by atoms with E-state index in [1.165, 1.54) is 12.0 Å². The first-order chi connectivity index (χ1) is 14.4. The molecule has 0 aliphatic rings. The van der Waals surface area contributed by atoms with Crippen LogP contribution in [0.15, 0.2) is 60.8 Å². The van der Waals surface area contributed by atoms with Crippen LogP contribution < -0.4 is 4.74 Å². The summed E-state index contributed by atoms with van der Waals surface area (Å²) in [7, 11) is 3.05. The molecule has 5 nitrogen and oxygen atoms in total. The van der Waals surface area contributed by atoms with Gasteiger partial charge in [-0.05, 0) is 36.4 Å². The summed E-state index contributed by atoms with van der Waals surface area (Å²) in [6, 6.07) is 16.8. The van der Waals surface area contributed by atoms with Crippen molar-refractivity contribution in [2.75, 3.05) is 33.9 Å². The lowest BCUT2D eigenvalue weighted by molar-refractivity contribution is -0.148. The summed E-state index contributed by atoms with van der Waals surface area (Å²) < 4.78 is 51.2. The molecule has 0 unspecified atom stereocenters. The zero-order chi connectivity index (χ0) is 21.6. The Balaban J connectivity index is 1.98. The van der Waals surface area contributed by atoms with Gasteiger partial charge < -0.3 is 9.47 Å². The Morgan fingerprint density at radius 1 is 1.00 bits per heavy atom. The molecule has 0 atom stereocenters. The molecule has 0 saturated carbocycles. The zero-order valence-electron chi connectivity index (χ0n) is 16.9. The lowest BCUT2D eigenvalue weighted by Crippen LogP contribution is -2.36. The molecule has 0 fully saturated rings. The Kier molecular flexibility index (Phi) is 7.12. The molecular formula is C22H24F3N3O2. The minimum atomic E-state index is -4.30. The third-order valence-corrected chi connectivity index (χ3v) is 4.58. The van der Waals surface area contributed by atoms with Gasteiger partial charge in [-0.15, -0.1) is 0 Å². The van der Waals surface area contributed by atoms with Crippen molar-refractivity contribution in [2.24, 2.45) is 0 Å². The van der Waals surface area contributed by atoms with Crippen LogP contribution in [-0.2, 0) is 11.3 Å². The number of methoxy groups -OCH3 is 2. The molecule has 160 valence electrons. The van der Waals surface area contributed by atoms with Gasteiger partial charge in [0.2, 0.25) is 0 Å². The fourth-order valence-corrected chi connectivity index (χ4v) is 3.16. The lowest BCUT2D eigenvalue weighted by atomic mass is 10.1. The van der Waals surface area contributed by atoms with Crippen molar-refractivity contribution >= 4 is 0 Å². The molecule has 0 amide bonds. The summed E-state index contributed by atoms with van der Waals surface area (Å²) in [5.74, 6) is 0.696. The maximum Gasteiger partial charge on any atom is 0.401 e. The topological polar surface area (TPSA) is 39.5 Å². The van der Waals surface area contributed by atoms with Crippen LogP contribution in [0.4, 0.5) is 13.2 Å². The predicted octanol–water partition coefficient (Wildman–Crippen LogP) is 4.56. The molecule has 0 radical (unpaired) electrons. The minimum Gasteiger partial charge on any atom is -0.497 e. The van der Waals surface area contributed by atoms with Crippen LogP contribution in [0.5, 0.6) is 5.75 Å². The molecule has 0 aliphatic carbocycles. The number of benzene rings is 2. The summed E-state index contributed by atoms with van der Waals surface area (Å²) >= 11 is 0. The number of aromatic nitrogens is 2. The van der Waals surface area contributed by atoms with E-state index in [4.69, 9.17) is 9.47 Å². The first-order valence-corrected chi connectivity index (χ1v) is 9.46. The van der Waals surface area contributed by atoms with Crippen molar-refractivity contribution in [3.63, 3.8) is 0 Å². The van der Waals surface area contributed by atoms with Gasteiger partial charge in [-0.2, -0.15) is 18.3 Å². The summed E-state index contributed by atoms with van der Waals surface area (Å²) in [4.78, 5) is 1.32. The standard InChI is InChI=1S/C22H24F3N3O2/c1-29-13-12-27(16-22(23,24)25)14-18-15-28(19-6-4-3-5-7-19)26-21(18)17-8-10-20(30-2)11-9-17/h3-11,15H,12-14,16H2,1-2H3. The normalized spacial score (nSPS) is 11.8. The van der Waals surface area contributed by atoms with Crippen LogP contribution in [0.2, 0.25) is 0 Å². The van der Waals surface area contributed by atoms with E-state index in [1.54, 1.807) is 30.1 Å². The van der Waals surface area contributed by atoms with Crippen molar-refractivity contribution in [3.05, 3.63) is 66.4 Å². The van der Waals surface area contributed by atoms with Gasteiger partial charge in [-0.1, -0.05) is 18.2 Å². The highest BCUT2D eigenvalue weighted by molar-refractivity contribution is 5.64. The van der Waals surface area contributed by atoms with Crippen LogP contribution in [0, 0.1) is 0 Å². The highest BCUT2D eigenvalue weighted by Crippen LogP contribution is 2.28. The molecule has 3 rings (SSSR count). The molecule has 0 spiro atoms. The Hall–Kier alpha value is -2.84. The van der Waals surface area contributed by atoms with Crippen LogP contribution in [-0.4, -0.2) is 54.8 Å². The van der Waals surface area contributed by atoms with Crippen LogP contribution >= 0.6 is 0 Å². The Bertz CT molecular complexity index is 925. The van der Waals surface area contributed by atoms with Crippen molar-refractivity contribution < 1.29 is 22.6 Å². The van der Waals surface area contributed by atoms with Gasteiger partial charge in [-0.3, -0.25) is 4.90 Å². The third-order valence-electron chi connectivity index (χ3n) is 4.58. The van der Waals surface area contributed by atoms with E-state index >= 15 is 0 Å². The number of rotatable bonds is 9. The van der Waals surface area contributed by atoms with Gasteiger partial charge in [-0.25, -0.2) is 4.68 Å². The number of ether oxygens (including phenoxy) is 2. The average molecular weight is 419 g/mol. The molecule has 0 bridgehead atoms. The third kappa shape index (κ3) is 5.84. The summed E-state index contributed by atoms with van der Waals surface area (Å²) in [6.07, 6.45) is -2.52. The van der Waals surface area contributed by atoms with Crippen molar-refractivity contribution in [1.82, 2.24) is 14.7 Å². The number of hydrogen-bond acceptors (Lipinski definition) is 4. The fraction of sp³-hybridized carbons (Fsp3) is 0.318. The van der Waals surface area contributed by atoms with Gasteiger partial charge in [0.25, 0.3) is 0 Å². The summed E-state index contributed by atoms with van der Waals surface area (Å²) in [5, 5.41) is 4.67. The average Bonchev–Trinajstić information content (AvgIpc) is 3.15. The SMILES string of the molecule is COCCN(Cc1cn(-c2ccccc2)nc1-c1ccc(OC)cc1)CC(F)(F)F. The first-order valence-electron chi connectivity index (χ1n) is 9.46. The molecule has 8 heteroatoms. The molecule has 1 heterocycles. The quantitative estimate of drug-likeness (QED) is 0.510. The van der Waals surface area contributed by atoms with Crippen molar-refractivity contribution in [3.8, 4) is 22.7 Å². The first kappa shape index (κ1) is 21.9. The van der Waals surface area contributed by atoms with E-state index in [9.17, 15) is 13.2 Å². The monoisotopic (exact) mass is 419 g/mol. The second kappa shape index (κ2) is 9.77. The van der Waals surface area contributed by atoms with E-state index < -0.39 is 12.7 Å². The smallest absolute Gasteiger partial charge is 0.401 e. The van der Waals surface area contributed by atoms with E-state index in [2.05, 4.69) is 5.10 Å². The maximum atomic E-state index is 13.1. The molecule has 1 aromatic heterocycles. The van der Waals surface area contributed by atoms with E-state index in [1.807, 2.05) is 42.5 Å². The Morgan fingerprint density at radius 2 is 1.70 bits per heavy atom. The molecule has 0 N–H and O–H groups in total. The molecule has 2 aromatic carbocycles. The number of nitrogens with zero attached hydrogens (tertiary/aromatic N) is 3. The van der Waals surface area contributed by atoms with Gasteiger partial charge in [0.1, 0.15) is 5.75 Å². The fourth-order valence-electron chi connectivity index (χ4n) is 3.16. The van der Waals surface area contributed by atoms with Crippen LogP contribution in [0.1, 0.15) is 5.56 Å². The zero-order valence-corrected chi connectivity index (χ0v) is 16.9. The lowest BCUT2D eigenvalue weighted by Gasteiger charge is -2.23. The largest absolute Gasteiger partial charge is 0.497 e.